The van der Waals surface area contributed by atoms with Crippen LogP contribution in [0.15, 0.2) is 24.3 Å². The first kappa shape index (κ1) is 18.9. The molecule has 10 radical (unpaired) electrons. The van der Waals surface area contributed by atoms with Crippen molar-refractivity contribution in [3.8, 4) is 0 Å². The molecule has 2 aliphatic carbocycles. The molecule has 0 unspecified atom stereocenters. The van der Waals surface area contributed by atoms with Gasteiger partial charge in [0.15, 0.2) is 5.78 Å². The summed E-state index contributed by atoms with van der Waals surface area (Å²) in [5.41, 5.74) is 0.259. The zero-order valence-corrected chi connectivity index (χ0v) is 12.7. The average molecular weight is 334 g/mol. The van der Waals surface area contributed by atoms with Crippen LogP contribution < -0.4 is 0 Å². The van der Waals surface area contributed by atoms with Gasteiger partial charge in [-0.25, -0.2) is 4.79 Å². The van der Waals surface area contributed by atoms with Gasteiger partial charge < -0.3 is 5.11 Å². The Balaban J connectivity index is 0.000000344. The minimum Gasteiger partial charge on any atom is -0.478 e. The Hall–Kier alpha value is -1.12. The van der Waals surface area contributed by atoms with E-state index >= 15 is 0 Å². The Morgan fingerprint density at radius 3 is 1.64 bits per heavy atom. The first-order chi connectivity index (χ1) is 10.2. The van der Waals surface area contributed by atoms with E-state index in [4.69, 9.17) is 5.11 Å². The van der Waals surface area contributed by atoms with E-state index in [0.29, 0.717) is 5.92 Å². The van der Waals surface area contributed by atoms with E-state index in [9.17, 15) is 9.59 Å². The van der Waals surface area contributed by atoms with Crippen molar-refractivity contribution < 1.29 is 31.8 Å². The van der Waals surface area contributed by atoms with Crippen molar-refractivity contribution in [2.45, 2.75) is 0 Å². The van der Waals surface area contributed by atoms with Crippen molar-refractivity contribution in [3.05, 3.63) is 99.1 Å². The zero-order valence-electron chi connectivity index (χ0n) is 11.6. The fourth-order valence-electron chi connectivity index (χ4n) is 1.87. The third-order valence-electron chi connectivity index (χ3n) is 2.88. The Morgan fingerprint density at radius 2 is 1.18 bits per heavy atom. The molecule has 3 nitrogen and oxygen atoms in total. The van der Waals surface area contributed by atoms with Crippen molar-refractivity contribution in [1.82, 2.24) is 0 Å². The first-order valence-corrected chi connectivity index (χ1v) is 6.45. The molecule has 0 spiro atoms. The second-order valence-electron chi connectivity index (χ2n) is 4.32. The normalized spacial score (nSPS) is 17.3. The summed E-state index contributed by atoms with van der Waals surface area (Å²) in [6, 6.07) is 6.21. The van der Waals surface area contributed by atoms with Crippen molar-refractivity contribution in [3.63, 3.8) is 0 Å². The number of carbonyl (C=O) groups excluding carboxylic acids is 1. The number of hydrogen-bond acceptors (Lipinski definition) is 2. The molecule has 3 rings (SSSR count). The van der Waals surface area contributed by atoms with Gasteiger partial charge in [0.25, 0.3) is 0 Å². The molecular weight excluding hydrogens is 320 g/mol. The minimum atomic E-state index is -1.09. The topological polar surface area (TPSA) is 54.4 Å². The summed E-state index contributed by atoms with van der Waals surface area (Å²) in [5, 5.41) is 8.96. The fourth-order valence-corrected chi connectivity index (χ4v) is 1.87. The van der Waals surface area contributed by atoms with Crippen LogP contribution >= 0.6 is 0 Å². The molecule has 0 saturated heterocycles. The molecule has 0 aliphatic heterocycles. The van der Waals surface area contributed by atoms with Crippen LogP contribution in [-0.2, 0) is 17.1 Å². The molecule has 4 heteroatoms. The molecular formula is C18H14FeO3+2. The minimum absolute atomic E-state index is 0. The Kier molecular flexibility index (Phi) is 8.44. The summed E-state index contributed by atoms with van der Waals surface area (Å²) < 4.78 is 0. The summed E-state index contributed by atoms with van der Waals surface area (Å²) in [6.45, 7) is 0. The van der Waals surface area contributed by atoms with Crippen LogP contribution in [0.25, 0.3) is 0 Å². The number of aromatic carboxylic acids is 1. The van der Waals surface area contributed by atoms with Gasteiger partial charge in [-0.3, -0.25) is 4.79 Å². The monoisotopic (exact) mass is 334 g/mol. The van der Waals surface area contributed by atoms with Crippen LogP contribution in [0.2, 0.25) is 0 Å². The molecule has 0 heterocycles. The van der Waals surface area contributed by atoms with Gasteiger partial charge in [-0.2, -0.15) is 0 Å². The molecule has 2 fully saturated rings. The summed E-state index contributed by atoms with van der Waals surface area (Å²) in [7, 11) is 0. The summed E-state index contributed by atoms with van der Waals surface area (Å²) >= 11 is 0. The second kappa shape index (κ2) is 9.81. The van der Waals surface area contributed by atoms with E-state index in [-0.39, 0.29) is 34.0 Å². The predicted octanol–water partition coefficient (Wildman–Crippen LogP) is 2.99. The van der Waals surface area contributed by atoms with Crippen molar-refractivity contribution in [2.75, 3.05) is 0 Å². The number of ketones is 1. The largest absolute Gasteiger partial charge is 2.00 e. The molecule has 2 aliphatic rings. The molecule has 0 atom stereocenters. The van der Waals surface area contributed by atoms with Gasteiger partial charge in [-0.15, -0.1) is 0 Å². The van der Waals surface area contributed by atoms with Crippen LogP contribution in [0.5, 0.6) is 0 Å². The van der Waals surface area contributed by atoms with Gasteiger partial charge in [0.2, 0.25) is 0 Å². The molecule has 1 aromatic carbocycles. The molecule has 0 amide bonds. The number of carbonyl (C=O) groups is 2. The van der Waals surface area contributed by atoms with Crippen LogP contribution in [0.3, 0.4) is 0 Å². The maximum atomic E-state index is 12.0. The fraction of sp³-hybridized carbons (Fsp3) is 0. The average Bonchev–Trinajstić information content (AvgIpc) is 3.21. The van der Waals surface area contributed by atoms with E-state index in [1.165, 1.54) is 12.1 Å². The smallest absolute Gasteiger partial charge is 0.478 e. The van der Waals surface area contributed by atoms with Crippen molar-refractivity contribution in [1.29, 1.82) is 0 Å². The van der Waals surface area contributed by atoms with E-state index in [1.807, 2.05) is 32.1 Å². The molecule has 2 saturated carbocycles. The SMILES string of the molecule is O=C(O)c1ccccc1C(=O)[C]1[CH][CH][CH][CH]1.[CH]1[CH][CH][CH][CH]1.[Fe+2]. The molecule has 0 bridgehead atoms. The van der Waals surface area contributed by atoms with Crippen LogP contribution in [-0.4, -0.2) is 16.9 Å². The van der Waals surface area contributed by atoms with Gasteiger partial charge in [-0.1, -0.05) is 18.2 Å². The standard InChI is InChI=1S/C13H9O3.C5H5.Fe/c14-12(9-5-1-2-6-9)10-7-3-4-8-11(10)13(15)16;1-2-4-5-3-1;/h1-8H,(H,15,16);1-5H;/q;;+2. The number of rotatable bonds is 3. The van der Waals surface area contributed by atoms with Gasteiger partial charge in [-0.05, 0) is 63.9 Å². The van der Waals surface area contributed by atoms with E-state index in [2.05, 4.69) is 0 Å². The van der Waals surface area contributed by atoms with Gasteiger partial charge in [0.1, 0.15) is 0 Å². The first-order valence-electron chi connectivity index (χ1n) is 6.45. The summed E-state index contributed by atoms with van der Waals surface area (Å²) in [5.74, 6) is -0.841. The number of hydrogen-bond donors (Lipinski definition) is 1. The third kappa shape index (κ3) is 5.26. The van der Waals surface area contributed by atoms with Crippen LogP contribution in [0.4, 0.5) is 0 Å². The van der Waals surface area contributed by atoms with Gasteiger partial charge >= 0.3 is 23.0 Å². The second-order valence-corrected chi connectivity index (χ2v) is 4.32. The van der Waals surface area contributed by atoms with Gasteiger partial charge in [0.05, 0.1) is 11.5 Å². The number of Topliss-reactive ketones (excluding diaryl/α,β-unsaturated/α-hetero) is 1. The van der Waals surface area contributed by atoms with Crippen molar-refractivity contribution >= 4 is 11.8 Å². The third-order valence-corrected chi connectivity index (χ3v) is 2.88. The summed E-state index contributed by atoms with van der Waals surface area (Å²) in [6.07, 6.45) is 16.8. The van der Waals surface area contributed by atoms with E-state index in [0.717, 1.165) is 0 Å². The maximum Gasteiger partial charge on any atom is 2.00 e. The van der Waals surface area contributed by atoms with Gasteiger partial charge in [0, 0.05) is 5.56 Å². The molecule has 1 aromatic rings. The molecule has 1 N–H and O–H groups in total. The van der Waals surface area contributed by atoms with Crippen molar-refractivity contribution in [2.24, 2.45) is 0 Å². The van der Waals surface area contributed by atoms with E-state index in [1.54, 1.807) is 37.8 Å². The maximum absolute atomic E-state index is 12.0. The Labute approximate surface area is 143 Å². The zero-order chi connectivity index (χ0) is 15.1. The molecule has 110 valence electrons. The van der Waals surface area contributed by atoms with Crippen LogP contribution in [0, 0.1) is 63.7 Å². The number of benzene rings is 1. The summed E-state index contributed by atoms with van der Waals surface area (Å²) in [4.78, 5) is 22.9. The Bertz CT molecular complexity index is 481. The van der Waals surface area contributed by atoms with Crippen LogP contribution in [0.1, 0.15) is 20.7 Å². The quantitative estimate of drug-likeness (QED) is 0.683. The predicted molar refractivity (Wildman–Crippen MR) is 79.7 cm³/mol. The van der Waals surface area contributed by atoms with E-state index < -0.39 is 5.97 Å². The Morgan fingerprint density at radius 1 is 0.727 bits per heavy atom. The molecule has 0 aromatic heterocycles. The number of carboxylic acid groups (broad SMARTS) is 1. The molecule has 22 heavy (non-hydrogen) atoms. The number of carboxylic acids is 1.